The van der Waals surface area contributed by atoms with Crippen LogP contribution in [0.1, 0.15) is 53.4 Å². The third-order valence-electron chi connectivity index (χ3n) is 2.76. The summed E-state index contributed by atoms with van der Waals surface area (Å²) in [7, 11) is 0. The van der Waals surface area contributed by atoms with Crippen molar-refractivity contribution < 1.29 is 9.90 Å². The van der Waals surface area contributed by atoms with E-state index in [1.807, 2.05) is 0 Å². The Morgan fingerprint density at radius 3 is 2.23 bits per heavy atom. The normalized spacial score (nSPS) is 14.2. The molecular weight excluding hydrogens is 164 g/mol. The molecule has 0 saturated carbocycles. The molecule has 0 aliphatic heterocycles. The van der Waals surface area contributed by atoms with E-state index in [-0.39, 0.29) is 0 Å². The van der Waals surface area contributed by atoms with Gasteiger partial charge < -0.3 is 5.11 Å². The van der Waals surface area contributed by atoms with Crippen molar-refractivity contribution in [2.75, 3.05) is 0 Å². The summed E-state index contributed by atoms with van der Waals surface area (Å²) in [5.74, 6) is -0.00953. The average Bonchev–Trinajstić information content (AvgIpc) is 1.95. The van der Waals surface area contributed by atoms with Crippen LogP contribution in [0.4, 0.5) is 0 Å². The molecule has 78 valence electrons. The molecular formula is C11H22O2. The summed E-state index contributed by atoms with van der Waals surface area (Å²) in [4.78, 5) is 10.2. The molecule has 0 saturated heterocycles. The van der Waals surface area contributed by atoms with Gasteiger partial charge in [0.05, 0.1) is 0 Å². The van der Waals surface area contributed by atoms with Crippen molar-refractivity contribution in [3.63, 3.8) is 0 Å². The Morgan fingerprint density at radius 2 is 1.85 bits per heavy atom. The van der Waals surface area contributed by atoms with Crippen LogP contribution < -0.4 is 0 Å². The molecule has 0 fully saturated rings. The highest BCUT2D eigenvalue weighted by atomic mass is 16.4. The van der Waals surface area contributed by atoms with Crippen molar-refractivity contribution in [2.24, 2.45) is 11.3 Å². The maximum Gasteiger partial charge on any atom is 0.303 e. The molecule has 1 N–H and O–H groups in total. The van der Waals surface area contributed by atoms with Gasteiger partial charge in [-0.1, -0.05) is 40.5 Å². The number of carboxylic acid groups (broad SMARTS) is 1. The number of rotatable bonds is 5. The third kappa shape index (κ3) is 6.62. The van der Waals surface area contributed by atoms with Gasteiger partial charge in [-0.15, -0.1) is 0 Å². The van der Waals surface area contributed by atoms with E-state index in [9.17, 15) is 4.79 Å². The van der Waals surface area contributed by atoms with Gasteiger partial charge >= 0.3 is 5.97 Å². The quantitative estimate of drug-likeness (QED) is 0.669. The molecule has 1 atom stereocenters. The Balaban J connectivity index is 3.49. The van der Waals surface area contributed by atoms with Gasteiger partial charge in [0, 0.05) is 6.42 Å². The monoisotopic (exact) mass is 186 g/mol. The fourth-order valence-corrected chi connectivity index (χ4v) is 1.16. The van der Waals surface area contributed by atoms with E-state index in [2.05, 4.69) is 27.7 Å². The van der Waals surface area contributed by atoms with E-state index >= 15 is 0 Å². The zero-order valence-electron chi connectivity index (χ0n) is 9.26. The van der Waals surface area contributed by atoms with Crippen LogP contribution in [0.2, 0.25) is 0 Å². The predicted octanol–water partition coefficient (Wildman–Crippen LogP) is 3.31. The average molecular weight is 186 g/mol. The SMILES string of the molecule is CC(CCCCC(=O)O)C(C)(C)C. The summed E-state index contributed by atoms with van der Waals surface area (Å²) in [5.41, 5.74) is 0.350. The Bertz CT molecular complexity index is 156. The van der Waals surface area contributed by atoms with Crippen LogP contribution >= 0.6 is 0 Å². The lowest BCUT2D eigenvalue weighted by Gasteiger charge is -2.27. The first-order valence-corrected chi connectivity index (χ1v) is 5.06. The number of carbonyl (C=O) groups is 1. The number of aliphatic carboxylic acids is 1. The number of hydrogen-bond donors (Lipinski definition) is 1. The molecule has 13 heavy (non-hydrogen) atoms. The standard InChI is InChI=1S/C11H22O2/c1-9(11(2,3)4)7-5-6-8-10(12)13/h9H,5-8H2,1-4H3,(H,12,13). The van der Waals surface area contributed by atoms with Gasteiger partial charge in [-0.2, -0.15) is 0 Å². The van der Waals surface area contributed by atoms with E-state index in [4.69, 9.17) is 5.11 Å². The van der Waals surface area contributed by atoms with Gasteiger partial charge in [0.1, 0.15) is 0 Å². The first-order valence-electron chi connectivity index (χ1n) is 5.06. The molecule has 0 heterocycles. The van der Waals surface area contributed by atoms with Crippen LogP contribution in [-0.2, 0) is 4.79 Å². The Hall–Kier alpha value is -0.530. The van der Waals surface area contributed by atoms with Crippen molar-refractivity contribution >= 4 is 5.97 Å². The highest BCUT2D eigenvalue weighted by molar-refractivity contribution is 5.66. The molecule has 0 rings (SSSR count). The van der Waals surface area contributed by atoms with Gasteiger partial charge in [-0.3, -0.25) is 4.79 Å². The van der Waals surface area contributed by atoms with Crippen molar-refractivity contribution in [3.8, 4) is 0 Å². The van der Waals surface area contributed by atoms with Crippen molar-refractivity contribution in [3.05, 3.63) is 0 Å². The second-order valence-corrected chi connectivity index (χ2v) is 4.91. The van der Waals surface area contributed by atoms with Crippen LogP contribution in [-0.4, -0.2) is 11.1 Å². The molecule has 0 radical (unpaired) electrons. The largest absolute Gasteiger partial charge is 0.481 e. The zero-order valence-corrected chi connectivity index (χ0v) is 9.26. The van der Waals surface area contributed by atoms with Crippen LogP contribution in [0.15, 0.2) is 0 Å². The fraction of sp³-hybridized carbons (Fsp3) is 0.909. The van der Waals surface area contributed by atoms with Crippen LogP contribution in [0.5, 0.6) is 0 Å². The zero-order chi connectivity index (χ0) is 10.5. The molecule has 2 nitrogen and oxygen atoms in total. The number of hydrogen-bond acceptors (Lipinski definition) is 1. The first-order chi connectivity index (χ1) is 5.84. The fourth-order valence-electron chi connectivity index (χ4n) is 1.16. The topological polar surface area (TPSA) is 37.3 Å². The van der Waals surface area contributed by atoms with Gasteiger partial charge in [0.2, 0.25) is 0 Å². The van der Waals surface area contributed by atoms with Crippen molar-refractivity contribution in [2.45, 2.75) is 53.4 Å². The van der Waals surface area contributed by atoms with Crippen molar-refractivity contribution in [1.29, 1.82) is 0 Å². The molecule has 0 spiro atoms. The Kier molecular flexibility index (Phi) is 5.04. The predicted molar refractivity (Wildman–Crippen MR) is 54.7 cm³/mol. The van der Waals surface area contributed by atoms with E-state index < -0.39 is 5.97 Å². The second-order valence-electron chi connectivity index (χ2n) is 4.91. The molecule has 0 aliphatic carbocycles. The molecule has 0 aliphatic rings. The lowest BCUT2D eigenvalue weighted by molar-refractivity contribution is -0.137. The summed E-state index contributed by atoms with van der Waals surface area (Å²) >= 11 is 0. The van der Waals surface area contributed by atoms with Crippen LogP contribution in [0, 0.1) is 11.3 Å². The van der Waals surface area contributed by atoms with E-state index in [0.717, 1.165) is 19.3 Å². The molecule has 0 aromatic rings. The minimum atomic E-state index is -0.677. The molecule has 2 heteroatoms. The van der Waals surface area contributed by atoms with Gasteiger partial charge in [0.25, 0.3) is 0 Å². The Labute approximate surface area is 81.3 Å². The van der Waals surface area contributed by atoms with Gasteiger partial charge in [-0.25, -0.2) is 0 Å². The van der Waals surface area contributed by atoms with E-state index in [1.165, 1.54) is 0 Å². The molecule has 1 unspecified atom stereocenters. The summed E-state index contributed by atoms with van der Waals surface area (Å²) in [6, 6.07) is 0. The minimum Gasteiger partial charge on any atom is -0.481 e. The van der Waals surface area contributed by atoms with E-state index in [0.29, 0.717) is 17.8 Å². The van der Waals surface area contributed by atoms with Gasteiger partial charge in [-0.05, 0) is 17.8 Å². The van der Waals surface area contributed by atoms with Gasteiger partial charge in [0.15, 0.2) is 0 Å². The second kappa shape index (κ2) is 5.25. The number of carboxylic acids is 1. The molecule has 0 bridgehead atoms. The highest BCUT2D eigenvalue weighted by Crippen LogP contribution is 2.29. The summed E-state index contributed by atoms with van der Waals surface area (Å²) < 4.78 is 0. The summed E-state index contributed by atoms with van der Waals surface area (Å²) in [6.45, 7) is 8.93. The van der Waals surface area contributed by atoms with Crippen LogP contribution in [0.25, 0.3) is 0 Å². The summed E-state index contributed by atoms with van der Waals surface area (Å²) in [6.07, 6.45) is 3.30. The maximum absolute atomic E-state index is 10.2. The third-order valence-corrected chi connectivity index (χ3v) is 2.76. The molecule has 0 amide bonds. The smallest absolute Gasteiger partial charge is 0.303 e. The van der Waals surface area contributed by atoms with Crippen molar-refractivity contribution in [1.82, 2.24) is 0 Å². The number of unbranched alkanes of at least 4 members (excludes halogenated alkanes) is 1. The highest BCUT2D eigenvalue weighted by Gasteiger charge is 2.18. The molecule has 0 aromatic heterocycles. The molecule has 0 aromatic carbocycles. The lowest BCUT2D eigenvalue weighted by atomic mass is 9.79. The lowest BCUT2D eigenvalue weighted by Crippen LogP contribution is -2.17. The first kappa shape index (κ1) is 12.5. The summed E-state index contributed by atoms with van der Waals surface area (Å²) in [5, 5.41) is 8.44. The minimum absolute atomic E-state index is 0.316. The van der Waals surface area contributed by atoms with E-state index in [1.54, 1.807) is 0 Å². The van der Waals surface area contributed by atoms with Crippen LogP contribution in [0.3, 0.4) is 0 Å². The maximum atomic E-state index is 10.2. The Morgan fingerprint density at radius 1 is 1.31 bits per heavy atom.